The monoisotopic (exact) mass is 242 g/mol. The van der Waals surface area contributed by atoms with Crippen molar-refractivity contribution in [2.45, 2.75) is 13.3 Å². The first-order chi connectivity index (χ1) is 8.68. The van der Waals surface area contributed by atoms with Crippen molar-refractivity contribution in [1.82, 2.24) is 0 Å². The molecule has 0 bridgehead atoms. The van der Waals surface area contributed by atoms with Gasteiger partial charge in [-0.3, -0.25) is 0 Å². The summed E-state index contributed by atoms with van der Waals surface area (Å²) in [4.78, 5) is 0. The summed E-state index contributed by atoms with van der Waals surface area (Å²) in [5.74, 6) is -1.54. The minimum absolute atomic E-state index is 0.378. The molecular formula is C16H12F2. The maximum Gasteiger partial charge on any atom is 0.166 e. The molecule has 2 heteroatoms. The van der Waals surface area contributed by atoms with Gasteiger partial charge in [-0.2, -0.15) is 0 Å². The highest BCUT2D eigenvalue weighted by Gasteiger charge is 2.22. The maximum absolute atomic E-state index is 13.8. The van der Waals surface area contributed by atoms with E-state index in [1.165, 1.54) is 5.56 Å². The Balaban J connectivity index is 2.16. The van der Waals surface area contributed by atoms with E-state index in [1.807, 2.05) is 31.2 Å². The van der Waals surface area contributed by atoms with Crippen LogP contribution in [0.3, 0.4) is 0 Å². The van der Waals surface area contributed by atoms with Crippen LogP contribution in [0.5, 0.6) is 0 Å². The van der Waals surface area contributed by atoms with E-state index in [-0.39, 0.29) is 0 Å². The van der Waals surface area contributed by atoms with Crippen LogP contribution in [0.4, 0.5) is 8.78 Å². The van der Waals surface area contributed by atoms with Crippen molar-refractivity contribution in [3.8, 4) is 0 Å². The first-order valence-electron chi connectivity index (χ1n) is 5.91. The van der Waals surface area contributed by atoms with E-state index < -0.39 is 11.6 Å². The minimum atomic E-state index is -0.788. The van der Waals surface area contributed by atoms with E-state index in [0.717, 1.165) is 22.8 Å². The summed E-state index contributed by atoms with van der Waals surface area (Å²) in [7, 11) is 0. The van der Waals surface area contributed by atoms with E-state index in [0.29, 0.717) is 12.0 Å². The van der Waals surface area contributed by atoms with Crippen LogP contribution in [0.25, 0.3) is 11.1 Å². The Bertz CT molecular complexity index is 654. The van der Waals surface area contributed by atoms with E-state index in [4.69, 9.17) is 0 Å². The molecule has 0 N–H and O–H groups in total. The first-order valence-corrected chi connectivity index (χ1v) is 5.91. The minimum Gasteiger partial charge on any atom is -0.204 e. The van der Waals surface area contributed by atoms with E-state index in [1.54, 1.807) is 12.1 Å². The Morgan fingerprint density at radius 2 is 1.61 bits per heavy atom. The van der Waals surface area contributed by atoms with Gasteiger partial charge in [0.15, 0.2) is 11.6 Å². The van der Waals surface area contributed by atoms with Gasteiger partial charge in [-0.1, -0.05) is 36.4 Å². The average molecular weight is 242 g/mol. The number of fused-ring (bicyclic) bond motifs is 1. The largest absolute Gasteiger partial charge is 0.204 e. The zero-order valence-electron chi connectivity index (χ0n) is 10.0. The molecule has 0 amide bonds. The second-order valence-electron chi connectivity index (χ2n) is 4.54. The molecule has 0 spiro atoms. The number of halogens is 2. The van der Waals surface area contributed by atoms with Gasteiger partial charge in [0.1, 0.15) is 0 Å². The molecule has 0 atom stereocenters. The van der Waals surface area contributed by atoms with Gasteiger partial charge < -0.3 is 0 Å². The zero-order chi connectivity index (χ0) is 12.7. The van der Waals surface area contributed by atoms with Gasteiger partial charge in [0.2, 0.25) is 0 Å². The van der Waals surface area contributed by atoms with E-state index in [2.05, 4.69) is 0 Å². The van der Waals surface area contributed by atoms with E-state index >= 15 is 0 Å². The lowest BCUT2D eigenvalue weighted by Crippen LogP contribution is -1.94. The van der Waals surface area contributed by atoms with Crippen LogP contribution in [0.1, 0.15) is 23.6 Å². The van der Waals surface area contributed by atoms with Crippen molar-refractivity contribution in [3.63, 3.8) is 0 Å². The molecule has 18 heavy (non-hydrogen) atoms. The Hall–Kier alpha value is -1.96. The average Bonchev–Trinajstić information content (AvgIpc) is 2.71. The number of hydrogen-bond donors (Lipinski definition) is 0. The molecule has 0 nitrogen and oxygen atoms in total. The third-order valence-electron chi connectivity index (χ3n) is 3.52. The fourth-order valence-electron chi connectivity index (χ4n) is 2.56. The predicted octanol–water partition coefficient (Wildman–Crippen LogP) is 4.45. The van der Waals surface area contributed by atoms with Gasteiger partial charge in [-0.15, -0.1) is 0 Å². The summed E-state index contributed by atoms with van der Waals surface area (Å²) in [6.07, 6.45) is 0.669. The predicted molar refractivity (Wildman–Crippen MR) is 69.0 cm³/mol. The maximum atomic E-state index is 13.8. The van der Waals surface area contributed by atoms with Crippen LogP contribution < -0.4 is 0 Å². The molecule has 0 heterocycles. The smallest absolute Gasteiger partial charge is 0.166 e. The van der Waals surface area contributed by atoms with E-state index in [9.17, 15) is 8.78 Å². The molecule has 0 radical (unpaired) electrons. The molecule has 90 valence electrons. The quantitative estimate of drug-likeness (QED) is 0.693. The molecular weight excluding hydrogens is 230 g/mol. The summed E-state index contributed by atoms with van der Waals surface area (Å²) in [5, 5.41) is 0. The number of benzene rings is 2. The molecule has 0 aromatic heterocycles. The summed E-state index contributed by atoms with van der Waals surface area (Å²) in [6.45, 7) is 1.96. The van der Waals surface area contributed by atoms with Gasteiger partial charge in [0.05, 0.1) is 0 Å². The third-order valence-corrected chi connectivity index (χ3v) is 3.52. The number of rotatable bonds is 1. The highest BCUT2D eigenvalue weighted by Crippen LogP contribution is 2.38. The highest BCUT2D eigenvalue weighted by molar-refractivity contribution is 5.96. The molecule has 0 aliphatic heterocycles. The fourth-order valence-corrected chi connectivity index (χ4v) is 2.56. The lowest BCUT2D eigenvalue weighted by Gasteiger charge is -2.06. The lowest BCUT2D eigenvalue weighted by molar-refractivity contribution is 0.506. The van der Waals surface area contributed by atoms with Gasteiger partial charge >= 0.3 is 0 Å². The van der Waals surface area contributed by atoms with Crippen LogP contribution >= 0.6 is 0 Å². The lowest BCUT2D eigenvalue weighted by atomic mass is 10.0. The summed E-state index contributed by atoms with van der Waals surface area (Å²) in [6, 6.07) is 12.3. The Morgan fingerprint density at radius 3 is 2.39 bits per heavy atom. The standard InChI is InChI=1S/C16H12F2/c1-10-12-6-3-2-5-11(12)9-14(10)13-7-4-8-15(17)16(13)18/h2-8H,9H2,1H3. The molecule has 1 aliphatic carbocycles. The van der Waals surface area contributed by atoms with Crippen LogP contribution in [-0.4, -0.2) is 0 Å². The van der Waals surface area contributed by atoms with Gasteiger partial charge in [0, 0.05) is 5.56 Å². The van der Waals surface area contributed by atoms with Crippen molar-refractivity contribution in [2.75, 3.05) is 0 Å². The number of allylic oxidation sites excluding steroid dienone is 2. The first kappa shape index (κ1) is 11.1. The number of hydrogen-bond acceptors (Lipinski definition) is 0. The van der Waals surface area contributed by atoms with Gasteiger partial charge in [0.25, 0.3) is 0 Å². The van der Waals surface area contributed by atoms with Crippen molar-refractivity contribution < 1.29 is 8.78 Å². The fraction of sp³-hybridized carbons (Fsp3) is 0.125. The molecule has 1 aliphatic rings. The summed E-state index contributed by atoms with van der Waals surface area (Å²) >= 11 is 0. The summed E-state index contributed by atoms with van der Waals surface area (Å²) < 4.78 is 27.1. The molecule has 0 saturated heterocycles. The molecule has 2 aromatic rings. The second kappa shape index (κ2) is 4.05. The normalized spacial score (nSPS) is 13.9. The SMILES string of the molecule is CC1=C(c2cccc(F)c2F)Cc2ccccc21. The molecule has 3 rings (SSSR count). The molecule has 2 aromatic carbocycles. The molecule has 0 fully saturated rings. The Kier molecular flexibility index (Phi) is 2.51. The van der Waals surface area contributed by atoms with Crippen molar-refractivity contribution in [1.29, 1.82) is 0 Å². The van der Waals surface area contributed by atoms with Gasteiger partial charge in [-0.25, -0.2) is 8.78 Å². The van der Waals surface area contributed by atoms with Crippen LogP contribution in [0.15, 0.2) is 42.5 Å². The van der Waals surface area contributed by atoms with Crippen LogP contribution in [-0.2, 0) is 6.42 Å². The van der Waals surface area contributed by atoms with Crippen LogP contribution in [0, 0.1) is 11.6 Å². The van der Waals surface area contributed by atoms with Crippen molar-refractivity contribution in [3.05, 3.63) is 70.8 Å². The van der Waals surface area contributed by atoms with Crippen LogP contribution in [0.2, 0.25) is 0 Å². The Morgan fingerprint density at radius 1 is 0.889 bits per heavy atom. The highest BCUT2D eigenvalue weighted by atomic mass is 19.2. The third kappa shape index (κ3) is 1.57. The van der Waals surface area contributed by atoms with Gasteiger partial charge in [-0.05, 0) is 41.7 Å². The molecule has 0 saturated carbocycles. The van der Waals surface area contributed by atoms with Crippen molar-refractivity contribution in [2.24, 2.45) is 0 Å². The Labute approximate surface area is 105 Å². The summed E-state index contributed by atoms with van der Waals surface area (Å²) in [5.41, 5.74) is 4.61. The zero-order valence-corrected chi connectivity index (χ0v) is 10.0. The molecule has 0 unspecified atom stereocenters. The topological polar surface area (TPSA) is 0 Å². The van der Waals surface area contributed by atoms with Crippen molar-refractivity contribution >= 4 is 11.1 Å². The second-order valence-corrected chi connectivity index (χ2v) is 4.54.